The molecule has 5 rings (SSSR count). The Morgan fingerprint density at radius 2 is 2.18 bits per heavy atom. The topological polar surface area (TPSA) is 111 Å². The Bertz CT molecular complexity index is 1120. The summed E-state index contributed by atoms with van der Waals surface area (Å²) in [5.41, 5.74) is 1.35. The molecule has 0 saturated carbocycles. The number of hydrogen-bond donors (Lipinski definition) is 3. The quantitative estimate of drug-likeness (QED) is 0.499. The molecule has 2 aliphatic heterocycles. The lowest BCUT2D eigenvalue weighted by Gasteiger charge is -2.54. The summed E-state index contributed by atoms with van der Waals surface area (Å²) in [5.74, 6) is 0.0315. The minimum Gasteiger partial charge on any atom is -0.507 e. The molecule has 3 N–H and O–H groups in total. The van der Waals surface area contributed by atoms with E-state index < -0.39 is 19.3 Å². The molecule has 9 nitrogen and oxygen atoms in total. The van der Waals surface area contributed by atoms with Gasteiger partial charge in [-0.2, -0.15) is 0 Å². The third-order valence-electron chi connectivity index (χ3n) is 7.04. The smallest absolute Gasteiger partial charge is 0.507 e. The van der Waals surface area contributed by atoms with Crippen molar-refractivity contribution in [1.29, 1.82) is 0 Å². The Morgan fingerprint density at radius 1 is 1.33 bits per heavy atom. The van der Waals surface area contributed by atoms with Crippen molar-refractivity contribution in [3.63, 3.8) is 0 Å². The average Bonchev–Trinajstić information content (AvgIpc) is 3.32. The molecule has 2 fully saturated rings. The maximum absolute atomic E-state index is 15.4. The molecule has 0 spiro atoms. The van der Waals surface area contributed by atoms with Crippen LogP contribution in [0.5, 0.6) is 11.8 Å². The van der Waals surface area contributed by atoms with Crippen LogP contribution in [0.15, 0.2) is 43.1 Å². The Kier molecular flexibility index (Phi) is 5.53. The van der Waals surface area contributed by atoms with E-state index in [0.717, 1.165) is 23.3 Å². The third-order valence-corrected chi connectivity index (χ3v) is 7.04. The van der Waals surface area contributed by atoms with Crippen molar-refractivity contribution < 1.29 is 24.1 Å². The van der Waals surface area contributed by atoms with Crippen LogP contribution in [0.2, 0.25) is 6.82 Å². The lowest BCUT2D eigenvalue weighted by atomic mass is 9.65. The standard InChI is InChI=1S/C22H26BFN6O3/c1-22-7-3-4-17(30(22)23(2)32)20(24)19(11-22)33-21-26-12-16(27-28-21)15-6-5-14(10-18(15)31)29-9-8-25-13-29/h5-6,8-10,12-13,17,19-20,31-32H,3-4,7,11H2,1-2H3/p+1/t17?,19-,20+,22-/m0/s1. The fourth-order valence-corrected chi connectivity index (χ4v) is 5.63. The summed E-state index contributed by atoms with van der Waals surface area (Å²) in [6, 6.07) is 4.84. The van der Waals surface area contributed by atoms with E-state index in [9.17, 15) is 10.1 Å². The van der Waals surface area contributed by atoms with E-state index in [1.165, 1.54) is 6.20 Å². The number of halogens is 1. The molecule has 33 heavy (non-hydrogen) atoms. The molecule has 4 heterocycles. The van der Waals surface area contributed by atoms with E-state index in [2.05, 4.69) is 27.1 Å². The van der Waals surface area contributed by atoms with E-state index in [4.69, 9.17) is 4.74 Å². The molecule has 1 aromatic carbocycles. The lowest BCUT2D eigenvalue weighted by Crippen LogP contribution is -3.30. The summed E-state index contributed by atoms with van der Waals surface area (Å²) < 4.78 is 23.0. The first-order valence-electron chi connectivity index (χ1n) is 11.2. The minimum atomic E-state index is -1.23. The largest absolute Gasteiger partial charge is 0.567 e. The van der Waals surface area contributed by atoms with Crippen molar-refractivity contribution in [2.75, 3.05) is 0 Å². The lowest BCUT2D eigenvalue weighted by molar-refractivity contribution is -0.901. The molecule has 0 radical (unpaired) electrons. The van der Waals surface area contributed by atoms with Crippen LogP contribution < -0.4 is 9.55 Å². The highest BCUT2D eigenvalue weighted by atomic mass is 19.1. The first-order valence-corrected chi connectivity index (χ1v) is 11.2. The number of phenolic OH excluding ortho intramolecular Hbond substituents is 1. The highest BCUT2D eigenvalue weighted by Gasteiger charge is 2.58. The average molecular weight is 453 g/mol. The number of alkyl halides is 1. The van der Waals surface area contributed by atoms with Crippen molar-refractivity contribution in [3.8, 4) is 28.7 Å². The van der Waals surface area contributed by atoms with Crippen molar-refractivity contribution in [3.05, 3.63) is 43.1 Å². The van der Waals surface area contributed by atoms with Crippen molar-refractivity contribution in [1.82, 2.24) is 24.7 Å². The first-order chi connectivity index (χ1) is 15.9. The summed E-state index contributed by atoms with van der Waals surface area (Å²) >= 11 is 0. The Labute approximate surface area is 191 Å². The van der Waals surface area contributed by atoms with Gasteiger partial charge in [-0.15, -0.1) is 5.10 Å². The summed E-state index contributed by atoms with van der Waals surface area (Å²) in [7, 11) is -0.635. The molecule has 0 amide bonds. The molecular weight excluding hydrogens is 426 g/mol. The van der Waals surface area contributed by atoms with Crippen LogP contribution in [0.25, 0.3) is 16.9 Å². The molecule has 3 aromatic rings. The molecule has 2 unspecified atom stereocenters. The summed E-state index contributed by atoms with van der Waals surface area (Å²) in [6.07, 6.45) is 7.64. The third kappa shape index (κ3) is 3.95. The van der Waals surface area contributed by atoms with Gasteiger partial charge in [0.05, 0.1) is 23.8 Å². The maximum Gasteiger partial charge on any atom is 0.567 e. The number of imidazole rings is 1. The number of quaternary nitrogens is 1. The van der Waals surface area contributed by atoms with Gasteiger partial charge in [-0.1, -0.05) is 5.10 Å². The second-order valence-electron chi connectivity index (χ2n) is 9.29. The second kappa shape index (κ2) is 8.38. The highest BCUT2D eigenvalue weighted by molar-refractivity contribution is 6.38. The minimum absolute atomic E-state index is 0.00287. The van der Waals surface area contributed by atoms with Crippen LogP contribution in [0.3, 0.4) is 0 Å². The fraction of sp³-hybridized carbons (Fsp3) is 0.455. The number of phenols is 1. The van der Waals surface area contributed by atoms with Gasteiger partial charge in [0.15, 0.2) is 6.17 Å². The van der Waals surface area contributed by atoms with Gasteiger partial charge >= 0.3 is 13.1 Å². The van der Waals surface area contributed by atoms with Gasteiger partial charge in [-0.25, -0.2) is 14.4 Å². The molecule has 0 aliphatic carbocycles. The van der Waals surface area contributed by atoms with Gasteiger partial charge in [0.1, 0.15) is 23.6 Å². The Balaban J connectivity index is 1.33. The predicted molar refractivity (Wildman–Crippen MR) is 119 cm³/mol. The number of aromatic nitrogens is 5. The van der Waals surface area contributed by atoms with E-state index >= 15 is 4.39 Å². The number of nitrogens with one attached hydrogen (secondary N) is 1. The number of nitrogens with zero attached hydrogens (tertiary/aromatic N) is 5. The monoisotopic (exact) mass is 453 g/mol. The van der Waals surface area contributed by atoms with Gasteiger partial charge in [0, 0.05) is 50.1 Å². The van der Waals surface area contributed by atoms with E-state index in [1.807, 2.05) is 6.07 Å². The summed E-state index contributed by atoms with van der Waals surface area (Å²) in [6.45, 7) is 3.81. The van der Waals surface area contributed by atoms with Crippen molar-refractivity contribution in [2.45, 2.75) is 63.3 Å². The van der Waals surface area contributed by atoms with Crippen LogP contribution in [0.4, 0.5) is 4.39 Å². The molecule has 5 atom stereocenters. The van der Waals surface area contributed by atoms with Gasteiger partial charge in [-0.3, -0.25) is 0 Å². The van der Waals surface area contributed by atoms with Crippen molar-refractivity contribution in [2.24, 2.45) is 0 Å². The number of rotatable bonds is 5. The van der Waals surface area contributed by atoms with E-state index in [1.54, 1.807) is 42.2 Å². The molecule has 172 valence electrons. The number of ether oxygens (including phenoxy) is 1. The second-order valence-corrected chi connectivity index (χ2v) is 9.29. The summed E-state index contributed by atoms with van der Waals surface area (Å²) in [5, 5.41) is 28.9. The van der Waals surface area contributed by atoms with Crippen LogP contribution in [0.1, 0.15) is 32.6 Å². The van der Waals surface area contributed by atoms with E-state index in [-0.39, 0.29) is 23.3 Å². The Morgan fingerprint density at radius 3 is 2.85 bits per heavy atom. The fourth-order valence-electron chi connectivity index (χ4n) is 5.63. The van der Waals surface area contributed by atoms with Crippen LogP contribution in [0, 0.1) is 0 Å². The van der Waals surface area contributed by atoms with Crippen LogP contribution >= 0.6 is 0 Å². The van der Waals surface area contributed by atoms with Crippen LogP contribution in [-0.2, 0) is 0 Å². The number of hydrogen-bond acceptors (Lipinski definition) is 7. The molecule has 2 aliphatic rings. The van der Waals surface area contributed by atoms with Gasteiger partial charge in [0.2, 0.25) is 0 Å². The van der Waals surface area contributed by atoms with E-state index in [0.29, 0.717) is 24.1 Å². The van der Waals surface area contributed by atoms with Gasteiger partial charge in [0.25, 0.3) is 0 Å². The maximum atomic E-state index is 15.4. The number of fused-ring (bicyclic) bond motifs is 2. The zero-order chi connectivity index (χ0) is 23.2. The normalized spacial score (nSPS) is 29.0. The Hall–Kier alpha value is -3.05. The molecule has 2 bridgehead atoms. The number of piperidine rings is 2. The van der Waals surface area contributed by atoms with Crippen LogP contribution in [-0.4, -0.2) is 65.8 Å². The molecule has 2 saturated heterocycles. The zero-order valence-electron chi connectivity index (χ0n) is 18.6. The first kappa shape index (κ1) is 21.8. The predicted octanol–water partition coefficient (Wildman–Crippen LogP) is 1.23. The molecular formula is C22H27BFN6O3+. The molecule has 11 heteroatoms. The zero-order valence-corrected chi connectivity index (χ0v) is 18.6. The number of aromatic hydroxyl groups is 1. The highest BCUT2D eigenvalue weighted by Crippen LogP contribution is 2.34. The van der Waals surface area contributed by atoms with Gasteiger partial charge < -0.3 is 24.2 Å². The molecule has 2 aromatic heterocycles. The van der Waals surface area contributed by atoms with Crippen molar-refractivity contribution >= 4 is 7.05 Å². The SMILES string of the molecule is CB(O)[NH+]1C2CCC[C@@]1(C)C[C@H](Oc1ncc(-c3ccc(-n4ccnc4)cc3O)nn1)[C@@H]2F. The van der Waals surface area contributed by atoms with Gasteiger partial charge in [-0.05, 0) is 25.5 Å². The summed E-state index contributed by atoms with van der Waals surface area (Å²) in [4.78, 5) is 9.13. The number of benzene rings is 1.